The van der Waals surface area contributed by atoms with E-state index in [4.69, 9.17) is 19.9 Å². The Hall–Kier alpha value is -3.41. The number of ether oxygens (including phenoxy) is 3. The number of halogens is 2. The molecule has 1 unspecified atom stereocenters. The molecule has 204 valence electrons. The molecule has 0 aliphatic carbocycles. The summed E-state index contributed by atoms with van der Waals surface area (Å²) in [6, 6.07) is 11.2. The Bertz CT molecular complexity index is 1280. The molecule has 3 heterocycles. The van der Waals surface area contributed by atoms with E-state index in [2.05, 4.69) is 15.3 Å². The molecule has 3 N–H and O–H groups in total. The van der Waals surface area contributed by atoms with Gasteiger partial charge in [0.1, 0.15) is 11.3 Å². The van der Waals surface area contributed by atoms with Crippen molar-refractivity contribution in [3.05, 3.63) is 47.8 Å². The standard InChI is InChI=1S/C26H31FN6O4.ClH/c1-35-20-13-18-23(22(27)24(20)36-2)30-26(31-25(18)28)33-10-9-32(15-19(33)16-6-4-3-5-7-16)21(34)12-17-14-29-8-11-37-17;/h3-7,13,17,19,29H,8-12,14-15H2,1-2H3,(H2,28,30,31);1H/t17?,19-;/m1./s1. The van der Waals surface area contributed by atoms with Crippen molar-refractivity contribution in [1.29, 1.82) is 0 Å². The maximum atomic E-state index is 15.4. The monoisotopic (exact) mass is 546 g/mol. The fourth-order valence-corrected chi connectivity index (χ4v) is 4.95. The highest BCUT2D eigenvalue weighted by Crippen LogP contribution is 2.38. The highest BCUT2D eigenvalue weighted by molar-refractivity contribution is 5.92. The second kappa shape index (κ2) is 12.0. The SMILES string of the molecule is COc1cc2c(N)nc(N3CCN(C(=O)CC4CNCCO4)C[C@@H]3c3ccccc3)nc2c(F)c1OC.Cl. The molecule has 2 saturated heterocycles. The van der Waals surface area contributed by atoms with Crippen molar-refractivity contribution < 1.29 is 23.4 Å². The molecule has 2 aliphatic rings. The van der Waals surface area contributed by atoms with Crippen LogP contribution in [0.2, 0.25) is 0 Å². The first-order valence-corrected chi connectivity index (χ1v) is 12.3. The molecule has 1 amide bonds. The number of fused-ring (bicyclic) bond motifs is 1. The average molecular weight is 547 g/mol. The van der Waals surface area contributed by atoms with E-state index < -0.39 is 5.82 Å². The van der Waals surface area contributed by atoms with Gasteiger partial charge in [0.05, 0.1) is 39.4 Å². The van der Waals surface area contributed by atoms with Crippen LogP contribution in [0, 0.1) is 5.82 Å². The Morgan fingerprint density at radius 1 is 1.21 bits per heavy atom. The van der Waals surface area contributed by atoms with E-state index in [-0.39, 0.29) is 59.2 Å². The van der Waals surface area contributed by atoms with Crippen LogP contribution in [0.25, 0.3) is 10.9 Å². The number of carbonyl (C=O) groups excluding carboxylic acids is 1. The van der Waals surface area contributed by atoms with Gasteiger partial charge < -0.3 is 35.1 Å². The highest BCUT2D eigenvalue weighted by Gasteiger charge is 2.34. The Morgan fingerprint density at radius 2 is 2.00 bits per heavy atom. The number of morpholine rings is 1. The number of nitrogen functional groups attached to an aromatic ring is 1. The summed E-state index contributed by atoms with van der Waals surface area (Å²) in [7, 11) is 2.80. The molecular formula is C26H32ClFN6O4. The predicted octanol–water partition coefficient (Wildman–Crippen LogP) is 2.56. The zero-order valence-electron chi connectivity index (χ0n) is 21.4. The van der Waals surface area contributed by atoms with Crippen LogP contribution in [0.3, 0.4) is 0 Å². The zero-order chi connectivity index (χ0) is 25.9. The van der Waals surface area contributed by atoms with Crippen molar-refractivity contribution in [1.82, 2.24) is 20.2 Å². The number of aromatic nitrogens is 2. The second-order valence-electron chi connectivity index (χ2n) is 9.09. The van der Waals surface area contributed by atoms with Gasteiger partial charge in [0, 0.05) is 38.1 Å². The van der Waals surface area contributed by atoms with Crippen molar-refractivity contribution in [2.45, 2.75) is 18.6 Å². The number of methoxy groups -OCH3 is 2. The van der Waals surface area contributed by atoms with Crippen molar-refractivity contribution in [3.8, 4) is 11.5 Å². The molecule has 2 aromatic carbocycles. The van der Waals surface area contributed by atoms with E-state index in [1.807, 2.05) is 40.1 Å². The summed E-state index contributed by atoms with van der Waals surface area (Å²) in [6.45, 7) is 3.42. The van der Waals surface area contributed by atoms with Gasteiger partial charge >= 0.3 is 0 Å². The molecule has 2 fully saturated rings. The van der Waals surface area contributed by atoms with Gasteiger partial charge in [-0.3, -0.25) is 4.79 Å². The van der Waals surface area contributed by atoms with Crippen LogP contribution in [-0.2, 0) is 9.53 Å². The van der Waals surface area contributed by atoms with E-state index >= 15 is 4.39 Å². The van der Waals surface area contributed by atoms with E-state index in [0.717, 1.165) is 12.1 Å². The maximum absolute atomic E-state index is 15.4. The Kier molecular flexibility index (Phi) is 8.70. The van der Waals surface area contributed by atoms with Crippen LogP contribution in [0.15, 0.2) is 36.4 Å². The lowest BCUT2D eigenvalue weighted by Gasteiger charge is -2.42. The van der Waals surface area contributed by atoms with Gasteiger partial charge in [-0.2, -0.15) is 4.98 Å². The van der Waals surface area contributed by atoms with Gasteiger partial charge in [-0.15, -0.1) is 12.4 Å². The summed E-state index contributed by atoms with van der Waals surface area (Å²) in [6.07, 6.45) is 0.189. The summed E-state index contributed by atoms with van der Waals surface area (Å²) >= 11 is 0. The molecule has 5 rings (SSSR count). The molecule has 0 saturated carbocycles. The number of anilines is 2. The summed E-state index contributed by atoms with van der Waals surface area (Å²) in [5.74, 6) is -0.0473. The molecule has 0 radical (unpaired) electrons. The average Bonchev–Trinajstić information content (AvgIpc) is 2.94. The Morgan fingerprint density at radius 3 is 2.68 bits per heavy atom. The number of nitrogens with two attached hydrogens (primary N) is 1. The fourth-order valence-electron chi connectivity index (χ4n) is 4.95. The summed E-state index contributed by atoms with van der Waals surface area (Å²) in [5.41, 5.74) is 7.33. The first kappa shape index (κ1) is 27.6. The number of carbonyl (C=O) groups is 1. The number of amides is 1. The van der Waals surface area contributed by atoms with Crippen LogP contribution in [0.5, 0.6) is 11.5 Å². The van der Waals surface area contributed by atoms with E-state index in [1.165, 1.54) is 14.2 Å². The normalized spacial score (nSPS) is 19.7. The van der Waals surface area contributed by atoms with Gasteiger partial charge in [0.15, 0.2) is 17.3 Å². The first-order chi connectivity index (χ1) is 18.0. The number of benzene rings is 2. The number of rotatable bonds is 6. The lowest BCUT2D eigenvalue weighted by Crippen LogP contribution is -2.52. The third-order valence-electron chi connectivity index (χ3n) is 6.87. The minimum Gasteiger partial charge on any atom is -0.493 e. The van der Waals surface area contributed by atoms with E-state index in [9.17, 15) is 4.79 Å². The van der Waals surface area contributed by atoms with Crippen LogP contribution in [0.4, 0.5) is 16.2 Å². The molecule has 0 bridgehead atoms. The molecule has 3 aromatic rings. The zero-order valence-corrected chi connectivity index (χ0v) is 22.2. The van der Waals surface area contributed by atoms with Crippen LogP contribution < -0.4 is 25.4 Å². The van der Waals surface area contributed by atoms with Gasteiger partial charge in [0.25, 0.3) is 0 Å². The number of piperazine rings is 1. The minimum atomic E-state index is -0.668. The third kappa shape index (κ3) is 5.40. The lowest BCUT2D eigenvalue weighted by molar-refractivity contribution is -0.135. The molecule has 12 heteroatoms. The lowest BCUT2D eigenvalue weighted by atomic mass is 10.0. The minimum absolute atomic E-state index is 0. The molecule has 2 aliphatic heterocycles. The molecule has 2 atom stereocenters. The van der Waals surface area contributed by atoms with Crippen molar-refractivity contribution in [2.75, 3.05) is 64.2 Å². The van der Waals surface area contributed by atoms with Crippen molar-refractivity contribution in [2.24, 2.45) is 0 Å². The molecule has 10 nitrogen and oxygen atoms in total. The van der Waals surface area contributed by atoms with E-state index in [0.29, 0.717) is 44.6 Å². The molecule has 38 heavy (non-hydrogen) atoms. The Balaban J connectivity index is 0.00000336. The van der Waals surface area contributed by atoms with Crippen LogP contribution in [0.1, 0.15) is 18.0 Å². The third-order valence-corrected chi connectivity index (χ3v) is 6.87. The van der Waals surface area contributed by atoms with Crippen LogP contribution in [-0.4, -0.2) is 80.4 Å². The van der Waals surface area contributed by atoms with Crippen molar-refractivity contribution >= 4 is 41.0 Å². The predicted molar refractivity (Wildman–Crippen MR) is 145 cm³/mol. The summed E-state index contributed by atoms with van der Waals surface area (Å²) in [4.78, 5) is 26.1. The fraction of sp³-hybridized carbons (Fsp3) is 0.423. The second-order valence-corrected chi connectivity index (χ2v) is 9.09. The highest BCUT2D eigenvalue weighted by atomic mass is 35.5. The van der Waals surface area contributed by atoms with Gasteiger partial charge in [-0.05, 0) is 11.6 Å². The number of hydrogen-bond acceptors (Lipinski definition) is 9. The first-order valence-electron chi connectivity index (χ1n) is 12.3. The quantitative estimate of drug-likeness (QED) is 0.481. The number of nitrogens with one attached hydrogen (secondary N) is 1. The number of nitrogens with zero attached hydrogens (tertiary/aromatic N) is 4. The molecular weight excluding hydrogens is 515 g/mol. The van der Waals surface area contributed by atoms with E-state index in [1.54, 1.807) is 6.07 Å². The number of hydrogen-bond donors (Lipinski definition) is 2. The maximum Gasteiger partial charge on any atom is 0.228 e. The Labute approximate surface area is 226 Å². The van der Waals surface area contributed by atoms with Gasteiger partial charge in [-0.25, -0.2) is 9.37 Å². The summed E-state index contributed by atoms with van der Waals surface area (Å²) in [5, 5.41) is 3.60. The van der Waals surface area contributed by atoms with Crippen molar-refractivity contribution in [3.63, 3.8) is 0 Å². The van der Waals surface area contributed by atoms with Gasteiger partial charge in [-0.1, -0.05) is 30.3 Å². The largest absolute Gasteiger partial charge is 0.493 e. The smallest absolute Gasteiger partial charge is 0.228 e. The molecule has 0 spiro atoms. The molecule has 1 aromatic heterocycles. The van der Waals surface area contributed by atoms with Gasteiger partial charge in [0.2, 0.25) is 11.9 Å². The summed E-state index contributed by atoms with van der Waals surface area (Å²) < 4.78 is 31.6. The van der Waals surface area contributed by atoms with Crippen LogP contribution >= 0.6 is 12.4 Å². The topological polar surface area (TPSA) is 115 Å².